The first-order valence-corrected chi connectivity index (χ1v) is 8.50. The lowest BCUT2D eigenvalue weighted by molar-refractivity contribution is 0.340. The number of nitrogens with zero attached hydrogens (tertiary/aromatic N) is 2. The number of ether oxygens (including phenoxy) is 1. The lowest BCUT2D eigenvalue weighted by Crippen LogP contribution is -2.22. The molecule has 0 saturated heterocycles. The van der Waals surface area contributed by atoms with Gasteiger partial charge in [0.1, 0.15) is 5.75 Å². The molecule has 7 heteroatoms. The number of aromatic hydroxyl groups is 2. The zero-order chi connectivity index (χ0) is 17.6. The van der Waals surface area contributed by atoms with Crippen LogP contribution in [0, 0.1) is 0 Å². The van der Waals surface area contributed by atoms with Crippen LogP contribution in [0.15, 0.2) is 41.2 Å². The number of rotatable bonds is 3. The largest absolute Gasteiger partial charge is 0.504 e. The number of hydrogen-bond acceptors (Lipinski definition) is 6. The highest BCUT2D eigenvalue weighted by atomic mass is 32.1. The smallest absolute Gasteiger partial charge is 0.274 e. The van der Waals surface area contributed by atoms with Crippen molar-refractivity contribution in [3.63, 3.8) is 0 Å². The molecular weight excluding hydrogens is 340 g/mol. The van der Waals surface area contributed by atoms with Gasteiger partial charge in [-0.3, -0.25) is 4.79 Å². The summed E-state index contributed by atoms with van der Waals surface area (Å²) in [5, 5.41) is 19.0. The lowest BCUT2D eigenvalue weighted by Gasteiger charge is -2.01. The molecule has 0 atom stereocenters. The Hall–Kier alpha value is -3.06. The summed E-state index contributed by atoms with van der Waals surface area (Å²) in [6.45, 7) is 2.48. The first-order chi connectivity index (χ1) is 12.1. The SMILES string of the molecule is CCOc1ccc2c(c1)nc1sc(=Cc3ccc(O)c(O)c3)c(=O)n12. The van der Waals surface area contributed by atoms with Gasteiger partial charge in [-0.1, -0.05) is 17.4 Å². The molecule has 4 aromatic rings. The van der Waals surface area contributed by atoms with E-state index in [1.54, 1.807) is 16.5 Å². The van der Waals surface area contributed by atoms with Crippen LogP contribution in [0.2, 0.25) is 0 Å². The van der Waals surface area contributed by atoms with Crippen molar-refractivity contribution in [3.05, 3.63) is 56.8 Å². The summed E-state index contributed by atoms with van der Waals surface area (Å²) in [6, 6.07) is 9.88. The van der Waals surface area contributed by atoms with Crippen molar-refractivity contribution in [3.8, 4) is 17.2 Å². The minimum absolute atomic E-state index is 0.167. The van der Waals surface area contributed by atoms with Gasteiger partial charge in [-0.25, -0.2) is 9.38 Å². The molecule has 0 spiro atoms. The Morgan fingerprint density at radius 2 is 2.04 bits per heavy atom. The molecule has 0 radical (unpaired) electrons. The van der Waals surface area contributed by atoms with Crippen molar-refractivity contribution in [2.75, 3.05) is 6.61 Å². The van der Waals surface area contributed by atoms with Crippen LogP contribution in [0.25, 0.3) is 22.1 Å². The third-order valence-corrected chi connectivity index (χ3v) is 4.79. The number of aromatic nitrogens is 2. The maximum atomic E-state index is 12.7. The molecule has 2 N–H and O–H groups in total. The monoisotopic (exact) mass is 354 g/mol. The van der Waals surface area contributed by atoms with Gasteiger partial charge < -0.3 is 14.9 Å². The quantitative estimate of drug-likeness (QED) is 0.552. The van der Waals surface area contributed by atoms with E-state index in [4.69, 9.17) is 4.74 Å². The number of thiazole rings is 1. The second-order valence-corrected chi connectivity index (χ2v) is 6.49. The third-order valence-electron chi connectivity index (χ3n) is 3.82. The van der Waals surface area contributed by atoms with Crippen LogP contribution in [0.5, 0.6) is 17.2 Å². The summed E-state index contributed by atoms with van der Waals surface area (Å²) < 4.78 is 7.54. The number of phenolic OH excluding ortho intramolecular Hbond substituents is 2. The maximum Gasteiger partial charge on any atom is 0.274 e. The average Bonchev–Trinajstić information content (AvgIpc) is 3.08. The molecule has 0 fully saturated rings. The number of phenols is 2. The number of imidazole rings is 1. The van der Waals surface area contributed by atoms with Crippen molar-refractivity contribution in [2.45, 2.75) is 6.92 Å². The molecule has 2 aromatic heterocycles. The van der Waals surface area contributed by atoms with Crippen LogP contribution in [-0.2, 0) is 0 Å². The molecule has 0 amide bonds. The highest BCUT2D eigenvalue weighted by Gasteiger charge is 2.12. The Labute approximate surface area is 145 Å². The molecule has 126 valence electrons. The van der Waals surface area contributed by atoms with Gasteiger partial charge in [0.25, 0.3) is 5.56 Å². The number of fused-ring (bicyclic) bond motifs is 3. The van der Waals surface area contributed by atoms with Crippen LogP contribution >= 0.6 is 11.3 Å². The molecule has 25 heavy (non-hydrogen) atoms. The normalized spacial score (nSPS) is 12.3. The van der Waals surface area contributed by atoms with E-state index in [1.165, 1.54) is 23.5 Å². The second-order valence-electron chi connectivity index (χ2n) is 5.48. The van der Waals surface area contributed by atoms with Gasteiger partial charge in [0, 0.05) is 6.07 Å². The lowest BCUT2D eigenvalue weighted by atomic mass is 10.2. The van der Waals surface area contributed by atoms with Crippen LogP contribution in [0.4, 0.5) is 0 Å². The van der Waals surface area contributed by atoms with Gasteiger partial charge >= 0.3 is 0 Å². The van der Waals surface area contributed by atoms with E-state index in [-0.39, 0.29) is 17.1 Å². The van der Waals surface area contributed by atoms with Crippen LogP contribution in [-0.4, -0.2) is 26.2 Å². The first-order valence-electron chi connectivity index (χ1n) is 7.68. The summed E-state index contributed by atoms with van der Waals surface area (Å²) in [6.07, 6.45) is 1.67. The molecule has 0 unspecified atom stereocenters. The Balaban J connectivity index is 1.89. The molecule has 2 heterocycles. The molecule has 0 aliphatic rings. The zero-order valence-electron chi connectivity index (χ0n) is 13.3. The highest BCUT2D eigenvalue weighted by molar-refractivity contribution is 7.15. The van der Waals surface area contributed by atoms with Crippen LogP contribution in [0.1, 0.15) is 12.5 Å². The third kappa shape index (κ3) is 2.58. The predicted octanol–water partition coefficient (Wildman–Crippen LogP) is 2.27. The van der Waals surface area contributed by atoms with E-state index in [0.29, 0.717) is 27.2 Å². The minimum Gasteiger partial charge on any atom is -0.504 e. The van der Waals surface area contributed by atoms with Gasteiger partial charge in [-0.2, -0.15) is 0 Å². The topological polar surface area (TPSA) is 84.1 Å². The average molecular weight is 354 g/mol. The second kappa shape index (κ2) is 5.78. The Bertz CT molecular complexity index is 1210. The molecule has 0 bridgehead atoms. The van der Waals surface area contributed by atoms with Crippen molar-refractivity contribution in [1.29, 1.82) is 0 Å². The summed E-state index contributed by atoms with van der Waals surface area (Å²) in [5.41, 5.74) is 1.90. The molecule has 0 aliphatic carbocycles. The van der Waals surface area contributed by atoms with Crippen molar-refractivity contribution < 1.29 is 14.9 Å². The molecule has 2 aromatic carbocycles. The van der Waals surface area contributed by atoms with E-state index >= 15 is 0 Å². The van der Waals surface area contributed by atoms with Gasteiger partial charge in [-0.15, -0.1) is 0 Å². The van der Waals surface area contributed by atoms with Gasteiger partial charge in [-0.05, 0) is 42.8 Å². The van der Waals surface area contributed by atoms with E-state index in [9.17, 15) is 15.0 Å². The Kier molecular flexibility index (Phi) is 3.58. The number of hydrogen-bond donors (Lipinski definition) is 2. The fourth-order valence-electron chi connectivity index (χ4n) is 2.68. The summed E-state index contributed by atoms with van der Waals surface area (Å²) in [5.74, 6) is 0.299. The molecule has 0 aliphatic heterocycles. The van der Waals surface area contributed by atoms with Crippen molar-refractivity contribution >= 4 is 33.4 Å². The summed E-state index contributed by atoms with van der Waals surface area (Å²) in [4.78, 5) is 17.8. The van der Waals surface area contributed by atoms with E-state index in [2.05, 4.69) is 4.98 Å². The van der Waals surface area contributed by atoms with Crippen LogP contribution in [0.3, 0.4) is 0 Å². The molecule has 0 saturated carbocycles. The predicted molar refractivity (Wildman–Crippen MR) is 96.6 cm³/mol. The van der Waals surface area contributed by atoms with Gasteiger partial charge in [0.05, 0.1) is 22.2 Å². The minimum atomic E-state index is -0.226. The first kappa shape index (κ1) is 15.5. The van der Waals surface area contributed by atoms with Gasteiger partial charge in [0.2, 0.25) is 0 Å². The zero-order valence-corrected chi connectivity index (χ0v) is 14.1. The fraction of sp³-hybridized carbons (Fsp3) is 0.111. The Morgan fingerprint density at radius 1 is 1.20 bits per heavy atom. The fourth-order valence-corrected chi connectivity index (χ4v) is 3.67. The molecule has 6 nitrogen and oxygen atoms in total. The van der Waals surface area contributed by atoms with Gasteiger partial charge in [0.15, 0.2) is 16.5 Å². The summed E-state index contributed by atoms with van der Waals surface area (Å²) >= 11 is 1.27. The van der Waals surface area contributed by atoms with E-state index in [0.717, 1.165) is 11.3 Å². The number of benzene rings is 2. The standard InChI is InChI=1S/C18H14N2O4S/c1-2-24-11-4-5-13-12(9-11)19-18-20(13)17(23)16(25-18)8-10-3-6-14(21)15(22)7-10/h3-9,21-22H,2H2,1H3. The van der Waals surface area contributed by atoms with Crippen molar-refractivity contribution in [2.24, 2.45) is 0 Å². The molecular formula is C18H14N2O4S. The van der Waals surface area contributed by atoms with E-state index < -0.39 is 0 Å². The van der Waals surface area contributed by atoms with Crippen molar-refractivity contribution in [1.82, 2.24) is 9.38 Å². The summed E-state index contributed by atoms with van der Waals surface area (Å²) in [7, 11) is 0. The Morgan fingerprint density at radius 3 is 2.80 bits per heavy atom. The maximum absolute atomic E-state index is 12.7. The molecule has 4 rings (SSSR count). The highest BCUT2D eigenvalue weighted by Crippen LogP contribution is 2.25. The van der Waals surface area contributed by atoms with E-state index in [1.807, 2.05) is 25.1 Å². The van der Waals surface area contributed by atoms with Crippen LogP contribution < -0.4 is 14.8 Å².